The van der Waals surface area contributed by atoms with Gasteiger partial charge in [0.15, 0.2) is 11.6 Å². The van der Waals surface area contributed by atoms with E-state index in [1.807, 2.05) is 11.9 Å². The molecule has 0 aliphatic carbocycles. The van der Waals surface area contributed by atoms with Crippen molar-refractivity contribution in [2.75, 3.05) is 23.3 Å². The summed E-state index contributed by atoms with van der Waals surface area (Å²) in [5.74, 6) is 5.12. The van der Waals surface area contributed by atoms with Crippen molar-refractivity contribution in [3.8, 4) is 34.7 Å². The number of halogens is 1. The van der Waals surface area contributed by atoms with Crippen LogP contribution in [0.5, 0.6) is 11.8 Å². The van der Waals surface area contributed by atoms with Crippen LogP contribution < -0.4 is 20.3 Å². The first-order valence-electron chi connectivity index (χ1n) is 11.8. The number of rotatable bonds is 7. The van der Waals surface area contributed by atoms with E-state index in [0.29, 0.717) is 41.7 Å². The first-order chi connectivity index (χ1) is 18.4. The molecule has 38 heavy (non-hydrogen) atoms. The van der Waals surface area contributed by atoms with E-state index in [2.05, 4.69) is 42.5 Å². The van der Waals surface area contributed by atoms with Crippen molar-refractivity contribution >= 4 is 23.4 Å². The van der Waals surface area contributed by atoms with Crippen LogP contribution in [-0.4, -0.2) is 54.8 Å². The maximum Gasteiger partial charge on any atom is 0.322 e. The van der Waals surface area contributed by atoms with Crippen molar-refractivity contribution in [3.63, 3.8) is 0 Å². The SMILES string of the molecule is CC#CC(=O)NC1CN(c2nc(Nc3cnn(C)c3)ncc2-c2ccc(Oc3nccc(C)n3)c(F)c2)C1. The van der Waals surface area contributed by atoms with E-state index in [9.17, 15) is 4.79 Å². The Labute approximate surface area is 218 Å². The van der Waals surface area contributed by atoms with Crippen LogP contribution in [0, 0.1) is 24.6 Å². The van der Waals surface area contributed by atoms with E-state index in [-0.39, 0.29) is 23.7 Å². The number of benzene rings is 1. The lowest BCUT2D eigenvalue weighted by Gasteiger charge is -2.40. The van der Waals surface area contributed by atoms with Gasteiger partial charge in [-0.1, -0.05) is 12.0 Å². The van der Waals surface area contributed by atoms with Gasteiger partial charge in [-0.05, 0) is 43.5 Å². The molecule has 2 N–H and O–H groups in total. The summed E-state index contributed by atoms with van der Waals surface area (Å²) < 4.78 is 22.3. The maximum absolute atomic E-state index is 15.1. The third-order valence-corrected chi connectivity index (χ3v) is 5.70. The minimum atomic E-state index is -0.581. The molecule has 1 amide bonds. The van der Waals surface area contributed by atoms with Gasteiger partial charge in [-0.3, -0.25) is 9.48 Å². The van der Waals surface area contributed by atoms with Gasteiger partial charge in [0.25, 0.3) is 5.91 Å². The van der Waals surface area contributed by atoms with Gasteiger partial charge in [-0.15, -0.1) is 0 Å². The predicted octanol–water partition coefficient (Wildman–Crippen LogP) is 2.98. The van der Waals surface area contributed by atoms with Gasteiger partial charge in [0.1, 0.15) is 5.82 Å². The molecule has 5 rings (SSSR count). The van der Waals surface area contributed by atoms with Crippen LogP contribution in [0.3, 0.4) is 0 Å². The van der Waals surface area contributed by atoms with E-state index in [1.54, 1.807) is 55.4 Å². The van der Waals surface area contributed by atoms with Crippen LogP contribution in [0.15, 0.2) is 49.1 Å². The van der Waals surface area contributed by atoms with Gasteiger partial charge in [-0.2, -0.15) is 10.1 Å². The maximum atomic E-state index is 15.1. The van der Waals surface area contributed by atoms with Gasteiger partial charge >= 0.3 is 6.01 Å². The van der Waals surface area contributed by atoms with Crippen molar-refractivity contribution < 1.29 is 13.9 Å². The first-order valence-corrected chi connectivity index (χ1v) is 11.8. The normalized spacial score (nSPS) is 12.8. The van der Waals surface area contributed by atoms with Gasteiger partial charge in [-0.25, -0.2) is 19.3 Å². The molecule has 1 saturated heterocycles. The molecule has 0 unspecified atom stereocenters. The van der Waals surface area contributed by atoms with Crippen LogP contribution in [0.2, 0.25) is 0 Å². The zero-order chi connectivity index (χ0) is 26.6. The van der Waals surface area contributed by atoms with Crippen molar-refractivity contribution in [1.29, 1.82) is 0 Å². The highest BCUT2D eigenvalue weighted by Crippen LogP contribution is 2.35. The Morgan fingerprint density at radius 1 is 1.18 bits per heavy atom. The summed E-state index contributed by atoms with van der Waals surface area (Å²) in [5.41, 5.74) is 2.62. The average molecular weight is 514 g/mol. The summed E-state index contributed by atoms with van der Waals surface area (Å²) in [5, 5.41) is 10.1. The second kappa shape index (κ2) is 10.5. The van der Waals surface area contributed by atoms with Crippen LogP contribution in [0.1, 0.15) is 12.6 Å². The molecule has 192 valence electrons. The number of carbonyl (C=O) groups is 1. The third-order valence-electron chi connectivity index (χ3n) is 5.70. The van der Waals surface area contributed by atoms with E-state index in [0.717, 1.165) is 5.69 Å². The minimum Gasteiger partial charge on any atom is -0.421 e. The molecule has 1 aromatic carbocycles. The van der Waals surface area contributed by atoms with Gasteiger partial charge in [0.05, 0.1) is 17.9 Å². The quantitative estimate of drug-likeness (QED) is 0.359. The van der Waals surface area contributed by atoms with Crippen LogP contribution >= 0.6 is 0 Å². The standard InChI is InChI=1S/C26H24FN9O2/c1-4-5-23(37)32-19-14-36(15-19)24-20(12-29-25(34-24)33-18-11-30-35(3)13-18)17-6-7-22(21(27)10-17)38-26-28-9-8-16(2)31-26/h6-13,19H,14-15H2,1-3H3,(H,32,37)(H,29,33,34). The van der Waals surface area contributed by atoms with Gasteiger partial charge < -0.3 is 20.3 Å². The van der Waals surface area contributed by atoms with Crippen LogP contribution in [0.4, 0.5) is 21.8 Å². The number of hydrogen-bond acceptors (Lipinski definition) is 9. The Morgan fingerprint density at radius 2 is 2.03 bits per heavy atom. The molecule has 12 heteroatoms. The monoisotopic (exact) mass is 513 g/mol. The molecule has 4 aromatic rings. The molecule has 11 nitrogen and oxygen atoms in total. The second-order valence-corrected chi connectivity index (χ2v) is 8.64. The number of aromatic nitrogens is 6. The number of ether oxygens (including phenoxy) is 1. The fourth-order valence-corrected chi connectivity index (χ4v) is 3.90. The Bertz CT molecular complexity index is 1550. The largest absolute Gasteiger partial charge is 0.421 e. The first kappa shape index (κ1) is 24.6. The number of hydrogen-bond donors (Lipinski definition) is 2. The summed E-state index contributed by atoms with van der Waals surface area (Å²) in [7, 11) is 1.81. The number of carbonyl (C=O) groups excluding carboxylic acids is 1. The second-order valence-electron chi connectivity index (χ2n) is 8.64. The fraction of sp³-hybridized carbons (Fsp3) is 0.231. The minimum absolute atomic E-state index is 0.000410. The summed E-state index contributed by atoms with van der Waals surface area (Å²) in [6.45, 7) is 4.44. The van der Waals surface area contributed by atoms with Crippen molar-refractivity contribution in [2.24, 2.45) is 7.05 Å². The highest BCUT2D eigenvalue weighted by Gasteiger charge is 2.31. The number of aryl methyl sites for hydroxylation is 2. The molecule has 0 radical (unpaired) electrons. The average Bonchev–Trinajstić information content (AvgIpc) is 3.27. The summed E-state index contributed by atoms with van der Waals surface area (Å²) >= 11 is 0. The lowest BCUT2D eigenvalue weighted by molar-refractivity contribution is -0.116. The van der Waals surface area contributed by atoms with Crippen molar-refractivity contribution in [1.82, 2.24) is 35.0 Å². The highest BCUT2D eigenvalue weighted by molar-refractivity contribution is 5.93. The van der Waals surface area contributed by atoms with Crippen LogP contribution in [0.25, 0.3) is 11.1 Å². The summed E-state index contributed by atoms with van der Waals surface area (Å²) in [6.07, 6.45) is 6.64. The molecule has 3 aromatic heterocycles. The number of nitrogens with one attached hydrogen (secondary N) is 2. The van der Waals surface area contributed by atoms with E-state index in [1.165, 1.54) is 12.1 Å². The molecule has 0 atom stereocenters. The van der Waals surface area contributed by atoms with E-state index >= 15 is 4.39 Å². The van der Waals surface area contributed by atoms with E-state index in [4.69, 9.17) is 9.72 Å². The number of anilines is 3. The fourth-order valence-electron chi connectivity index (χ4n) is 3.90. The van der Waals surface area contributed by atoms with Gasteiger partial charge in [0.2, 0.25) is 5.95 Å². The Kier molecular flexibility index (Phi) is 6.82. The molecular formula is C26H24FN9O2. The molecular weight excluding hydrogens is 489 g/mol. The van der Waals surface area contributed by atoms with Crippen LogP contribution in [-0.2, 0) is 11.8 Å². The Balaban J connectivity index is 1.42. The highest BCUT2D eigenvalue weighted by atomic mass is 19.1. The summed E-state index contributed by atoms with van der Waals surface area (Å²) in [4.78, 5) is 31.1. The molecule has 0 bridgehead atoms. The third kappa shape index (κ3) is 5.52. The van der Waals surface area contributed by atoms with Crippen molar-refractivity contribution in [2.45, 2.75) is 19.9 Å². The topological polar surface area (TPSA) is 123 Å². The molecule has 1 aliphatic heterocycles. The zero-order valence-corrected chi connectivity index (χ0v) is 20.9. The van der Waals surface area contributed by atoms with Gasteiger partial charge in [0, 0.05) is 50.0 Å². The molecule has 1 aliphatic rings. The number of amides is 1. The Hall–Kier alpha value is -5.05. The molecule has 0 spiro atoms. The molecule has 1 fully saturated rings. The molecule has 4 heterocycles. The lowest BCUT2D eigenvalue weighted by Crippen LogP contribution is -2.59. The smallest absolute Gasteiger partial charge is 0.322 e. The summed E-state index contributed by atoms with van der Waals surface area (Å²) in [6, 6.07) is 6.31. The van der Waals surface area contributed by atoms with Crippen molar-refractivity contribution in [3.05, 3.63) is 60.6 Å². The zero-order valence-electron chi connectivity index (χ0n) is 20.9. The Morgan fingerprint density at radius 3 is 2.74 bits per heavy atom. The van der Waals surface area contributed by atoms with E-state index < -0.39 is 5.82 Å². The molecule has 0 saturated carbocycles. The number of nitrogens with zero attached hydrogens (tertiary/aromatic N) is 7. The predicted molar refractivity (Wildman–Crippen MR) is 138 cm³/mol. The lowest BCUT2D eigenvalue weighted by atomic mass is 10.0.